The summed E-state index contributed by atoms with van der Waals surface area (Å²) < 4.78 is 5.19. The monoisotopic (exact) mass is 232 g/mol. The van der Waals surface area contributed by atoms with Gasteiger partial charge in [-0.2, -0.15) is 0 Å². The Morgan fingerprint density at radius 2 is 2.18 bits per heavy atom. The van der Waals surface area contributed by atoms with Crippen LogP contribution in [0.3, 0.4) is 0 Å². The average Bonchev–Trinajstić information content (AvgIpc) is 2.35. The molecule has 0 spiro atoms. The molecule has 0 unspecified atom stereocenters. The zero-order valence-corrected chi connectivity index (χ0v) is 9.30. The van der Waals surface area contributed by atoms with Gasteiger partial charge in [-0.25, -0.2) is 5.48 Å². The van der Waals surface area contributed by atoms with Gasteiger partial charge in [0.2, 0.25) is 0 Å². The predicted molar refractivity (Wildman–Crippen MR) is 61.9 cm³/mol. The SMILES string of the molecule is Cc1ccc2ccc(OCC(=O)NO)cc2n1. The van der Waals surface area contributed by atoms with E-state index in [1.807, 2.05) is 25.1 Å². The van der Waals surface area contributed by atoms with E-state index in [4.69, 9.17) is 9.94 Å². The van der Waals surface area contributed by atoms with E-state index in [1.54, 1.807) is 12.1 Å². The minimum atomic E-state index is -0.595. The Morgan fingerprint density at radius 1 is 1.41 bits per heavy atom. The molecule has 1 aromatic heterocycles. The molecule has 0 aliphatic heterocycles. The molecule has 88 valence electrons. The number of hydroxylamine groups is 1. The van der Waals surface area contributed by atoms with Gasteiger partial charge >= 0.3 is 0 Å². The number of carbonyl (C=O) groups is 1. The Morgan fingerprint density at radius 3 is 2.94 bits per heavy atom. The van der Waals surface area contributed by atoms with Crippen LogP contribution in [-0.2, 0) is 4.79 Å². The van der Waals surface area contributed by atoms with Crippen LogP contribution in [0.5, 0.6) is 5.75 Å². The van der Waals surface area contributed by atoms with Gasteiger partial charge in [0.15, 0.2) is 6.61 Å². The lowest BCUT2D eigenvalue weighted by atomic mass is 10.2. The maximum atomic E-state index is 10.8. The third kappa shape index (κ3) is 2.70. The number of benzene rings is 1. The number of nitrogens with zero attached hydrogens (tertiary/aromatic N) is 1. The first-order valence-corrected chi connectivity index (χ1v) is 5.12. The van der Waals surface area contributed by atoms with Gasteiger partial charge in [0.05, 0.1) is 5.52 Å². The quantitative estimate of drug-likeness (QED) is 0.620. The van der Waals surface area contributed by atoms with Crippen molar-refractivity contribution < 1.29 is 14.7 Å². The first-order valence-electron chi connectivity index (χ1n) is 5.12. The minimum Gasteiger partial charge on any atom is -0.484 e. The maximum Gasteiger partial charge on any atom is 0.281 e. The number of aromatic nitrogens is 1. The molecule has 0 bridgehead atoms. The number of rotatable bonds is 3. The number of nitrogens with one attached hydrogen (secondary N) is 1. The van der Waals surface area contributed by atoms with Crippen LogP contribution in [0.25, 0.3) is 10.9 Å². The van der Waals surface area contributed by atoms with E-state index in [2.05, 4.69) is 4.98 Å². The molecule has 2 rings (SSSR count). The van der Waals surface area contributed by atoms with Crippen LogP contribution in [0.15, 0.2) is 30.3 Å². The molecular formula is C12H12N2O3. The molecule has 5 heteroatoms. The first-order chi connectivity index (χ1) is 8.19. The van der Waals surface area contributed by atoms with Gasteiger partial charge < -0.3 is 4.74 Å². The molecule has 1 heterocycles. The van der Waals surface area contributed by atoms with Crippen molar-refractivity contribution in [1.29, 1.82) is 0 Å². The van der Waals surface area contributed by atoms with Gasteiger partial charge in [0, 0.05) is 17.1 Å². The van der Waals surface area contributed by atoms with Gasteiger partial charge in [-0.05, 0) is 25.1 Å². The van der Waals surface area contributed by atoms with Gasteiger partial charge in [0.1, 0.15) is 5.75 Å². The Balaban J connectivity index is 2.22. The van der Waals surface area contributed by atoms with E-state index in [0.717, 1.165) is 16.6 Å². The van der Waals surface area contributed by atoms with E-state index in [1.165, 1.54) is 5.48 Å². The fourth-order valence-electron chi connectivity index (χ4n) is 1.47. The number of amides is 1. The lowest BCUT2D eigenvalue weighted by molar-refractivity contribution is -0.131. The molecule has 0 atom stereocenters. The van der Waals surface area contributed by atoms with Crippen LogP contribution in [0.1, 0.15) is 5.69 Å². The molecule has 17 heavy (non-hydrogen) atoms. The zero-order valence-electron chi connectivity index (χ0n) is 9.30. The molecule has 5 nitrogen and oxygen atoms in total. The summed E-state index contributed by atoms with van der Waals surface area (Å²) in [6.07, 6.45) is 0. The largest absolute Gasteiger partial charge is 0.484 e. The summed E-state index contributed by atoms with van der Waals surface area (Å²) in [5.41, 5.74) is 3.23. The number of ether oxygens (including phenoxy) is 1. The lowest BCUT2D eigenvalue weighted by Crippen LogP contribution is -2.25. The fraction of sp³-hybridized carbons (Fsp3) is 0.167. The van der Waals surface area contributed by atoms with Crippen LogP contribution in [0.4, 0.5) is 0 Å². The van der Waals surface area contributed by atoms with Gasteiger partial charge in [-0.15, -0.1) is 0 Å². The van der Waals surface area contributed by atoms with Crippen molar-refractivity contribution in [1.82, 2.24) is 10.5 Å². The third-order valence-corrected chi connectivity index (χ3v) is 2.30. The number of hydrogen-bond donors (Lipinski definition) is 2. The van der Waals surface area contributed by atoms with Crippen molar-refractivity contribution in [3.8, 4) is 5.75 Å². The maximum absolute atomic E-state index is 10.8. The molecule has 0 saturated heterocycles. The van der Waals surface area contributed by atoms with Gasteiger partial charge in [-0.1, -0.05) is 6.07 Å². The van der Waals surface area contributed by atoms with Crippen LogP contribution in [0.2, 0.25) is 0 Å². The van der Waals surface area contributed by atoms with E-state index in [9.17, 15) is 4.79 Å². The lowest BCUT2D eigenvalue weighted by Gasteiger charge is -2.06. The summed E-state index contributed by atoms with van der Waals surface area (Å²) in [6.45, 7) is 1.68. The Kier molecular flexibility index (Phi) is 3.20. The standard InChI is InChI=1S/C12H12N2O3/c1-8-2-3-9-4-5-10(6-11(9)13-8)17-7-12(15)14-16/h2-6,16H,7H2,1H3,(H,14,15). The Bertz CT molecular complexity index is 554. The van der Waals surface area contributed by atoms with E-state index in [-0.39, 0.29) is 6.61 Å². The minimum absolute atomic E-state index is 0.228. The summed E-state index contributed by atoms with van der Waals surface area (Å²) >= 11 is 0. The topological polar surface area (TPSA) is 71.5 Å². The molecule has 2 aromatic rings. The van der Waals surface area contributed by atoms with Crippen molar-refractivity contribution in [3.05, 3.63) is 36.0 Å². The summed E-state index contributed by atoms with van der Waals surface area (Å²) in [7, 11) is 0. The molecule has 2 N–H and O–H groups in total. The van der Waals surface area contributed by atoms with Crippen LogP contribution in [0, 0.1) is 6.92 Å². The number of hydrogen-bond acceptors (Lipinski definition) is 4. The molecular weight excluding hydrogens is 220 g/mol. The second kappa shape index (κ2) is 4.80. The number of carbonyl (C=O) groups excluding carboxylic acids is 1. The van der Waals surface area contributed by atoms with Crippen molar-refractivity contribution in [2.75, 3.05) is 6.61 Å². The second-order valence-corrected chi connectivity index (χ2v) is 3.63. The highest BCUT2D eigenvalue weighted by Crippen LogP contribution is 2.19. The highest BCUT2D eigenvalue weighted by atomic mass is 16.5. The Hall–Kier alpha value is -2.14. The molecule has 1 aromatic carbocycles. The molecule has 1 amide bonds. The summed E-state index contributed by atoms with van der Waals surface area (Å²) in [5, 5.41) is 9.34. The van der Waals surface area contributed by atoms with Crippen molar-refractivity contribution in [2.24, 2.45) is 0 Å². The first kappa shape index (κ1) is 11.3. The summed E-state index contributed by atoms with van der Waals surface area (Å²) in [5.74, 6) is -0.0542. The third-order valence-electron chi connectivity index (χ3n) is 2.30. The predicted octanol–water partition coefficient (Wildman–Crippen LogP) is 1.43. The van der Waals surface area contributed by atoms with E-state index >= 15 is 0 Å². The van der Waals surface area contributed by atoms with Crippen LogP contribution in [-0.4, -0.2) is 22.7 Å². The van der Waals surface area contributed by atoms with Crippen molar-refractivity contribution >= 4 is 16.8 Å². The number of fused-ring (bicyclic) bond motifs is 1. The molecule has 0 saturated carbocycles. The molecule has 0 fully saturated rings. The highest BCUT2D eigenvalue weighted by molar-refractivity contribution is 5.80. The smallest absolute Gasteiger partial charge is 0.281 e. The molecule has 0 aliphatic rings. The average molecular weight is 232 g/mol. The number of aryl methyl sites for hydroxylation is 1. The van der Waals surface area contributed by atoms with E-state index in [0.29, 0.717) is 5.75 Å². The van der Waals surface area contributed by atoms with Crippen LogP contribution >= 0.6 is 0 Å². The van der Waals surface area contributed by atoms with Gasteiger partial charge in [-0.3, -0.25) is 15.0 Å². The summed E-state index contributed by atoms with van der Waals surface area (Å²) in [4.78, 5) is 15.2. The van der Waals surface area contributed by atoms with E-state index < -0.39 is 5.91 Å². The summed E-state index contributed by atoms with van der Waals surface area (Å²) in [6, 6.07) is 9.29. The Labute approximate surface area is 98.0 Å². The second-order valence-electron chi connectivity index (χ2n) is 3.63. The number of pyridine rings is 1. The fourth-order valence-corrected chi connectivity index (χ4v) is 1.47. The van der Waals surface area contributed by atoms with Gasteiger partial charge in [0.25, 0.3) is 5.91 Å². The highest BCUT2D eigenvalue weighted by Gasteiger charge is 2.02. The molecule has 0 radical (unpaired) electrons. The van der Waals surface area contributed by atoms with Crippen molar-refractivity contribution in [2.45, 2.75) is 6.92 Å². The van der Waals surface area contributed by atoms with Crippen molar-refractivity contribution in [3.63, 3.8) is 0 Å². The normalized spacial score (nSPS) is 10.2. The van der Waals surface area contributed by atoms with Crippen LogP contribution < -0.4 is 10.2 Å². The zero-order chi connectivity index (χ0) is 12.3. The molecule has 0 aliphatic carbocycles.